The summed E-state index contributed by atoms with van der Waals surface area (Å²) in [6.45, 7) is 0.137. The highest BCUT2D eigenvalue weighted by Gasteiger charge is 2.19. The first-order valence-corrected chi connectivity index (χ1v) is 7.32. The molecule has 0 bridgehead atoms. The van der Waals surface area contributed by atoms with E-state index >= 15 is 0 Å². The molecule has 0 aliphatic carbocycles. The highest BCUT2D eigenvalue weighted by atomic mass is 35.5. The van der Waals surface area contributed by atoms with Gasteiger partial charge in [0, 0.05) is 23.2 Å². The van der Waals surface area contributed by atoms with E-state index in [2.05, 4.69) is 4.98 Å². The predicted octanol–water partition coefficient (Wildman–Crippen LogP) is 4.79. The largest absolute Gasteiger partial charge is 0.440 e. The van der Waals surface area contributed by atoms with Crippen molar-refractivity contribution in [1.82, 2.24) is 4.98 Å². The molecule has 3 nitrogen and oxygen atoms in total. The number of halogens is 4. The molecule has 2 N–H and O–H groups in total. The molecule has 0 aliphatic heterocycles. The molecule has 1 aromatic heterocycles. The number of oxazole rings is 1. The van der Waals surface area contributed by atoms with Crippen LogP contribution in [0.1, 0.15) is 17.2 Å². The molecule has 0 spiro atoms. The molecule has 0 fully saturated rings. The van der Waals surface area contributed by atoms with Crippen molar-refractivity contribution in [2.75, 3.05) is 6.54 Å². The summed E-state index contributed by atoms with van der Waals surface area (Å²) in [5.41, 5.74) is 6.91. The van der Waals surface area contributed by atoms with Gasteiger partial charge in [-0.1, -0.05) is 11.6 Å². The Hall–Kier alpha value is -1.95. The average molecular weight is 371 g/mol. The van der Waals surface area contributed by atoms with Gasteiger partial charge in [-0.15, -0.1) is 12.4 Å². The van der Waals surface area contributed by atoms with Gasteiger partial charge >= 0.3 is 0 Å². The van der Waals surface area contributed by atoms with Crippen LogP contribution in [-0.4, -0.2) is 11.5 Å². The van der Waals surface area contributed by atoms with E-state index in [0.717, 1.165) is 11.6 Å². The Balaban J connectivity index is 0.00000208. The van der Waals surface area contributed by atoms with Crippen molar-refractivity contribution in [2.24, 2.45) is 5.73 Å². The number of rotatable bonds is 4. The van der Waals surface area contributed by atoms with Crippen LogP contribution in [0.5, 0.6) is 0 Å². The lowest BCUT2D eigenvalue weighted by Gasteiger charge is -2.12. The van der Waals surface area contributed by atoms with Crippen molar-refractivity contribution < 1.29 is 13.2 Å². The maximum Gasteiger partial charge on any atom is 0.226 e. The quantitative estimate of drug-likeness (QED) is 0.718. The minimum absolute atomic E-state index is 0. The molecule has 0 saturated heterocycles. The van der Waals surface area contributed by atoms with E-state index in [0.29, 0.717) is 22.2 Å². The molecule has 1 unspecified atom stereocenters. The van der Waals surface area contributed by atoms with E-state index in [4.69, 9.17) is 21.8 Å². The van der Waals surface area contributed by atoms with Gasteiger partial charge < -0.3 is 10.2 Å². The molecular weight excluding hydrogens is 357 g/mol. The van der Waals surface area contributed by atoms with Gasteiger partial charge in [0.2, 0.25) is 5.89 Å². The Morgan fingerprint density at radius 2 is 1.71 bits per heavy atom. The number of benzene rings is 2. The molecule has 3 rings (SSSR count). The van der Waals surface area contributed by atoms with Crippen molar-refractivity contribution in [1.29, 1.82) is 0 Å². The van der Waals surface area contributed by atoms with E-state index in [1.165, 1.54) is 18.3 Å². The summed E-state index contributed by atoms with van der Waals surface area (Å²) in [5.74, 6) is -0.949. The van der Waals surface area contributed by atoms with Crippen LogP contribution in [0.15, 0.2) is 53.1 Å². The van der Waals surface area contributed by atoms with Crippen LogP contribution >= 0.6 is 24.0 Å². The Bertz CT molecular complexity index is 801. The highest BCUT2D eigenvalue weighted by Crippen LogP contribution is 2.29. The van der Waals surface area contributed by atoms with Crippen LogP contribution < -0.4 is 5.73 Å². The zero-order valence-electron chi connectivity index (χ0n) is 12.4. The van der Waals surface area contributed by atoms with Gasteiger partial charge in [0.1, 0.15) is 17.4 Å². The Morgan fingerprint density at radius 1 is 1.08 bits per heavy atom. The Kier molecular flexibility index (Phi) is 5.94. The van der Waals surface area contributed by atoms with Gasteiger partial charge in [-0.3, -0.25) is 0 Å². The van der Waals surface area contributed by atoms with Crippen LogP contribution in [0.25, 0.3) is 11.5 Å². The van der Waals surface area contributed by atoms with Gasteiger partial charge in [0.05, 0.1) is 12.1 Å². The van der Waals surface area contributed by atoms with E-state index in [1.54, 1.807) is 24.3 Å². The summed E-state index contributed by atoms with van der Waals surface area (Å²) in [5, 5.41) is 0.607. The lowest BCUT2D eigenvalue weighted by Crippen LogP contribution is -2.13. The summed E-state index contributed by atoms with van der Waals surface area (Å²) in [6.07, 6.45) is 1.52. The topological polar surface area (TPSA) is 52.0 Å². The molecular formula is C17H14Cl2F2N2O. The Morgan fingerprint density at radius 3 is 2.29 bits per heavy atom. The molecule has 3 aromatic rings. The minimum atomic E-state index is -0.657. The van der Waals surface area contributed by atoms with Gasteiger partial charge in [-0.25, -0.2) is 13.8 Å². The van der Waals surface area contributed by atoms with E-state index in [9.17, 15) is 8.78 Å². The zero-order chi connectivity index (χ0) is 16.4. The predicted molar refractivity (Wildman–Crippen MR) is 91.5 cm³/mol. The second-order valence-corrected chi connectivity index (χ2v) is 5.50. The van der Waals surface area contributed by atoms with Crippen molar-refractivity contribution in [3.8, 4) is 11.5 Å². The maximum absolute atomic E-state index is 13.4. The molecule has 2 aromatic carbocycles. The molecule has 0 aliphatic rings. The van der Waals surface area contributed by atoms with Crippen LogP contribution in [-0.2, 0) is 0 Å². The smallest absolute Gasteiger partial charge is 0.226 e. The van der Waals surface area contributed by atoms with E-state index in [-0.39, 0.29) is 19.0 Å². The molecule has 7 heteroatoms. The van der Waals surface area contributed by atoms with Crippen LogP contribution in [0.4, 0.5) is 8.78 Å². The highest BCUT2D eigenvalue weighted by molar-refractivity contribution is 6.30. The van der Waals surface area contributed by atoms with Crippen molar-refractivity contribution in [3.63, 3.8) is 0 Å². The van der Waals surface area contributed by atoms with E-state index < -0.39 is 17.6 Å². The summed E-state index contributed by atoms with van der Waals surface area (Å²) >= 11 is 5.85. The third-order valence-corrected chi connectivity index (χ3v) is 3.73. The molecule has 0 radical (unpaired) electrons. The summed E-state index contributed by atoms with van der Waals surface area (Å²) in [4.78, 5) is 4.20. The molecule has 1 heterocycles. The van der Waals surface area contributed by atoms with Crippen LogP contribution in [0.2, 0.25) is 5.02 Å². The molecule has 1 atom stereocenters. The van der Waals surface area contributed by atoms with Crippen molar-refractivity contribution >= 4 is 24.0 Å². The van der Waals surface area contributed by atoms with Crippen molar-refractivity contribution in [3.05, 3.63) is 76.6 Å². The lowest BCUT2D eigenvalue weighted by atomic mass is 9.97. The first kappa shape index (κ1) is 18.4. The third kappa shape index (κ3) is 3.93. The number of hydrogen-bond acceptors (Lipinski definition) is 3. The fourth-order valence-corrected chi connectivity index (χ4v) is 2.49. The van der Waals surface area contributed by atoms with Crippen molar-refractivity contribution in [2.45, 2.75) is 5.92 Å². The maximum atomic E-state index is 13.4. The number of aromatic nitrogens is 1. The molecule has 0 amide bonds. The van der Waals surface area contributed by atoms with E-state index in [1.807, 2.05) is 0 Å². The van der Waals surface area contributed by atoms with Gasteiger partial charge in [0.25, 0.3) is 0 Å². The summed E-state index contributed by atoms with van der Waals surface area (Å²) < 4.78 is 32.5. The van der Waals surface area contributed by atoms with Crippen LogP contribution in [0, 0.1) is 11.6 Å². The fourth-order valence-electron chi connectivity index (χ4n) is 2.37. The third-order valence-electron chi connectivity index (χ3n) is 3.48. The van der Waals surface area contributed by atoms with Crippen LogP contribution in [0.3, 0.4) is 0 Å². The number of nitrogens with two attached hydrogens (primary N) is 1. The Labute approximate surface area is 148 Å². The number of hydrogen-bond donors (Lipinski definition) is 1. The normalized spacial score (nSPS) is 11.8. The van der Waals surface area contributed by atoms with Gasteiger partial charge in [0.15, 0.2) is 0 Å². The lowest BCUT2D eigenvalue weighted by molar-refractivity contribution is 0.492. The summed E-state index contributed by atoms with van der Waals surface area (Å²) in [7, 11) is 0. The van der Waals surface area contributed by atoms with Gasteiger partial charge in [-0.05, 0) is 42.0 Å². The SMILES string of the molecule is Cl.NCC(c1cc(F)cc(F)c1)c1cnc(-c2ccc(Cl)cc2)o1. The first-order valence-electron chi connectivity index (χ1n) is 6.94. The number of nitrogens with zero attached hydrogens (tertiary/aromatic N) is 1. The summed E-state index contributed by atoms with van der Waals surface area (Å²) in [6, 6.07) is 10.3. The molecule has 24 heavy (non-hydrogen) atoms. The standard InChI is InChI=1S/C17H13ClF2N2O.ClH/c18-12-3-1-10(2-4-12)17-22-9-16(23-17)15(8-21)11-5-13(19)7-14(20)6-11;/h1-7,9,15H,8,21H2;1H. The monoisotopic (exact) mass is 370 g/mol. The minimum Gasteiger partial charge on any atom is -0.440 e. The fraction of sp³-hybridized carbons (Fsp3) is 0.118. The average Bonchev–Trinajstić information content (AvgIpc) is 2.97. The molecule has 0 saturated carbocycles. The molecule has 126 valence electrons. The second kappa shape index (κ2) is 7.75. The van der Waals surface area contributed by atoms with Gasteiger partial charge in [-0.2, -0.15) is 0 Å². The zero-order valence-corrected chi connectivity index (χ0v) is 14.0. The second-order valence-electron chi connectivity index (χ2n) is 5.07. The first-order chi connectivity index (χ1) is 11.1.